The first kappa shape index (κ1) is 21.8. The summed E-state index contributed by atoms with van der Waals surface area (Å²) in [6.07, 6.45) is -3.43. The van der Waals surface area contributed by atoms with Crippen LogP contribution in [0.1, 0.15) is 11.4 Å². The molecule has 0 aliphatic rings. The number of hydrogen-bond donors (Lipinski definition) is 4. The van der Waals surface area contributed by atoms with Gasteiger partial charge in [0.2, 0.25) is 11.9 Å². The molecule has 0 saturated carbocycles. The van der Waals surface area contributed by atoms with Crippen molar-refractivity contribution in [1.82, 2.24) is 25.1 Å². The van der Waals surface area contributed by atoms with Gasteiger partial charge in [-0.25, -0.2) is 18.1 Å². The molecule has 31 heavy (non-hydrogen) atoms. The number of nitrogens with one attached hydrogen (secondary N) is 4. The molecule has 4 N–H and O–H groups in total. The number of benzene rings is 1. The lowest BCUT2D eigenvalue weighted by atomic mass is 10.3. The number of rotatable bonds is 7. The van der Waals surface area contributed by atoms with E-state index in [4.69, 9.17) is 5.26 Å². The minimum absolute atomic E-state index is 0.0374. The van der Waals surface area contributed by atoms with Crippen molar-refractivity contribution in [3.8, 4) is 6.07 Å². The number of hydrogen-bond acceptors (Lipinski definition) is 9. The van der Waals surface area contributed by atoms with Crippen LogP contribution < -0.4 is 15.4 Å². The van der Waals surface area contributed by atoms with Gasteiger partial charge >= 0.3 is 6.18 Å². The van der Waals surface area contributed by atoms with Gasteiger partial charge in [-0.15, -0.1) is 10.2 Å². The number of nitriles is 1. The maximum atomic E-state index is 12.4. The maximum absolute atomic E-state index is 12.4. The summed E-state index contributed by atoms with van der Waals surface area (Å²) in [6, 6.07) is 7.10. The number of H-pyrrole nitrogens is 1. The van der Waals surface area contributed by atoms with Gasteiger partial charge in [-0.2, -0.15) is 23.4 Å². The van der Waals surface area contributed by atoms with E-state index in [-0.39, 0.29) is 28.2 Å². The van der Waals surface area contributed by atoms with Crippen LogP contribution in [0.4, 0.5) is 36.6 Å². The molecule has 0 atom stereocenters. The van der Waals surface area contributed by atoms with E-state index < -0.39 is 22.7 Å². The van der Waals surface area contributed by atoms with Gasteiger partial charge in [0, 0.05) is 5.69 Å². The summed E-state index contributed by atoms with van der Waals surface area (Å²) in [7, 11) is -3.92. The largest absolute Gasteiger partial charge is 0.405 e. The molecule has 0 bridgehead atoms. The second kappa shape index (κ2) is 8.44. The van der Waals surface area contributed by atoms with E-state index in [0.717, 1.165) is 6.20 Å². The second-order valence-corrected chi connectivity index (χ2v) is 7.73. The van der Waals surface area contributed by atoms with Crippen molar-refractivity contribution < 1.29 is 21.6 Å². The number of nitrogens with zero attached hydrogens (tertiary/aromatic N) is 5. The molecule has 2 heterocycles. The maximum Gasteiger partial charge on any atom is 0.405 e. The average molecular weight is 453 g/mol. The second-order valence-electron chi connectivity index (χ2n) is 6.05. The third kappa shape index (κ3) is 5.79. The van der Waals surface area contributed by atoms with E-state index in [1.165, 1.54) is 24.3 Å². The molecule has 0 unspecified atom stereocenters. The molecule has 3 rings (SSSR count). The Morgan fingerprint density at radius 2 is 1.90 bits per heavy atom. The molecule has 0 spiro atoms. The van der Waals surface area contributed by atoms with Crippen molar-refractivity contribution in [1.29, 1.82) is 5.26 Å². The predicted octanol–water partition coefficient (Wildman–Crippen LogP) is 2.29. The molecule has 0 aliphatic heterocycles. The molecule has 0 aliphatic carbocycles. The molecule has 11 nitrogen and oxygen atoms in total. The van der Waals surface area contributed by atoms with Crippen LogP contribution in [0.15, 0.2) is 35.4 Å². The average Bonchev–Trinajstić information content (AvgIpc) is 3.10. The monoisotopic (exact) mass is 453 g/mol. The first-order valence-electron chi connectivity index (χ1n) is 8.43. The lowest BCUT2D eigenvalue weighted by molar-refractivity contribution is -0.115. The lowest BCUT2D eigenvalue weighted by Gasteiger charge is -2.12. The van der Waals surface area contributed by atoms with Gasteiger partial charge in [0.1, 0.15) is 29.8 Å². The van der Waals surface area contributed by atoms with Crippen LogP contribution in [0.5, 0.6) is 0 Å². The highest BCUT2D eigenvalue weighted by molar-refractivity contribution is 7.92. The minimum Gasteiger partial charge on any atom is -0.360 e. The van der Waals surface area contributed by atoms with E-state index in [0.29, 0.717) is 11.5 Å². The fourth-order valence-corrected chi connectivity index (χ4v) is 3.23. The van der Waals surface area contributed by atoms with E-state index in [1.807, 2.05) is 5.32 Å². The van der Waals surface area contributed by atoms with Crippen molar-refractivity contribution in [2.45, 2.75) is 18.0 Å². The number of halogens is 3. The van der Waals surface area contributed by atoms with Gasteiger partial charge in [0.05, 0.1) is 11.1 Å². The fraction of sp³-hybridized carbons (Fsp3) is 0.188. The Balaban J connectivity index is 1.74. The third-order valence-corrected chi connectivity index (χ3v) is 4.97. The van der Waals surface area contributed by atoms with Crippen molar-refractivity contribution in [2.24, 2.45) is 0 Å². The quantitative estimate of drug-likeness (QED) is 0.420. The highest BCUT2D eigenvalue weighted by Gasteiger charge is 2.27. The zero-order chi connectivity index (χ0) is 22.6. The zero-order valence-corrected chi connectivity index (χ0v) is 16.5. The molecule has 0 saturated heterocycles. The molecule has 0 fully saturated rings. The third-order valence-electron chi connectivity index (χ3n) is 3.62. The predicted molar refractivity (Wildman–Crippen MR) is 103 cm³/mol. The standard InChI is InChI=1S/C16H14F3N9O2S/c1-9-23-15(27-26-9)28-31(29,30)12-4-2-11(3-5-12)24-14-21-7-10(6-20)13(25-14)22-8-16(17,18)19/h2-5,7H,8H2,1H3,(H2,21,22,24,25)(H2,23,26,27,28). The van der Waals surface area contributed by atoms with Crippen LogP contribution in [0, 0.1) is 18.3 Å². The number of aromatic amines is 1. The van der Waals surface area contributed by atoms with Gasteiger partial charge in [-0.05, 0) is 31.2 Å². The Morgan fingerprint density at radius 3 is 2.48 bits per heavy atom. The molecule has 15 heteroatoms. The van der Waals surface area contributed by atoms with Crippen molar-refractivity contribution in [3.63, 3.8) is 0 Å². The van der Waals surface area contributed by atoms with Gasteiger partial charge < -0.3 is 15.6 Å². The van der Waals surface area contributed by atoms with E-state index in [1.54, 1.807) is 13.0 Å². The van der Waals surface area contributed by atoms with Gasteiger partial charge in [0.25, 0.3) is 10.0 Å². The lowest BCUT2D eigenvalue weighted by Crippen LogP contribution is -2.22. The van der Waals surface area contributed by atoms with Gasteiger partial charge in [-0.3, -0.25) is 0 Å². The smallest absolute Gasteiger partial charge is 0.360 e. The van der Waals surface area contributed by atoms with Crippen LogP contribution >= 0.6 is 0 Å². The van der Waals surface area contributed by atoms with E-state index in [2.05, 4.69) is 35.2 Å². The summed E-state index contributed by atoms with van der Waals surface area (Å²) in [5.74, 6) is 0.0194. The molecule has 0 amide bonds. The number of anilines is 4. The summed E-state index contributed by atoms with van der Waals surface area (Å²) in [5.41, 5.74) is 0.200. The highest BCUT2D eigenvalue weighted by Crippen LogP contribution is 2.21. The Kier molecular flexibility index (Phi) is 5.92. The Bertz CT molecular complexity index is 1220. The molecule has 2 aromatic heterocycles. The number of alkyl halides is 3. The van der Waals surface area contributed by atoms with Crippen LogP contribution in [-0.4, -0.2) is 46.3 Å². The fourth-order valence-electron chi connectivity index (χ4n) is 2.27. The zero-order valence-electron chi connectivity index (χ0n) is 15.7. The van der Waals surface area contributed by atoms with Gasteiger partial charge in [-0.1, -0.05) is 0 Å². The highest BCUT2D eigenvalue weighted by atomic mass is 32.2. The molecule has 162 valence electrons. The first-order valence-corrected chi connectivity index (χ1v) is 9.91. The number of aromatic nitrogens is 5. The summed E-state index contributed by atoms with van der Waals surface area (Å²) in [5, 5.41) is 21.1. The Labute approximate surface area is 173 Å². The van der Waals surface area contributed by atoms with Crippen molar-refractivity contribution in [3.05, 3.63) is 41.9 Å². The summed E-state index contributed by atoms with van der Waals surface area (Å²) < 4.78 is 64.3. The molecule has 3 aromatic rings. The summed E-state index contributed by atoms with van der Waals surface area (Å²) in [4.78, 5) is 10.3. The minimum atomic E-state index is -4.50. The number of sulfonamides is 1. The van der Waals surface area contributed by atoms with Crippen LogP contribution in [0.3, 0.4) is 0 Å². The Hall–Kier alpha value is -3.93. The van der Waals surface area contributed by atoms with Crippen molar-refractivity contribution >= 4 is 33.4 Å². The molecular weight excluding hydrogens is 439 g/mol. The molecular formula is C16H14F3N9O2S. The SMILES string of the molecule is Cc1nnc(NS(=O)(=O)c2ccc(Nc3ncc(C#N)c(NCC(F)(F)F)n3)cc2)[nH]1. The summed E-state index contributed by atoms with van der Waals surface area (Å²) >= 11 is 0. The van der Waals surface area contributed by atoms with E-state index in [9.17, 15) is 21.6 Å². The normalized spacial score (nSPS) is 11.6. The van der Waals surface area contributed by atoms with Crippen LogP contribution in [0.2, 0.25) is 0 Å². The Morgan fingerprint density at radius 1 is 1.19 bits per heavy atom. The van der Waals surface area contributed by atoms with Crippen LogP contribution in [-0.2, 0) is 10.0 Å². The van der Waals surface area contributed by atoms with Crippen molar-refractivity contribution in [2.75, 3.05) is 21.9 Å². The molecule has 0 radical (unpaired) electrons. The van der Waals surface area contributed by atoms with E-state index >= 15 is 0 Å². The topological polar surface area (TPSA) is 161 Å². The van der Waals surface area contributed by atoms with Gasteiger partial charge in [0.15, 0.2) is 0 Å². The summed E-state index contributed by atoms with van der Waals surface area (Å²) in [6.45, 7) is 0.239. The molecule has 1 aromatic carbocycles. The van der Waals surface area contributed by atoms with Crippen LogP contribution in [0.25, 0.3) is 0 Å². The number of aryl methyl sites for hydroxylation is 1. The first-order chi connectivity index (χ1) is 14.6.